The van der Waals surface area contributed by atoms with Crippen LogP contribution in [0.3, 0.4) is 0 Å². The molecule has 0 saturated heterocycles. The maximum absolute atomic E-state index is 11.8. The summed E-state index contributed by atoms with van der Waals surface area (Å²) in [6.07, 6.45) is 0. The Morgan fingerprint density at radius 2 is 2.10 bits per heavy atom. The van der Waals surface area contributed by atoms with Crippen molar-refractivity contribution in [3.8, 4) is 0 Å². The number of hydrogen-bond acceptors (Lipinski definition) is 5. The van der Waals surface area contributed by atoms with Crippen molar-refractivity contribution in [2.24, 2.45) is 0 Å². The molecule has 2 rings (SSSR count). The van der Waals surface area contributed by atoms with Crippen LogP contribution in [0, 0.1) is 6.92 Å². The number of halogens is 1. The van der Waals surface area contributed by atoms with Crippen molar-refractivity contribution >= 4 is 38.4 Å². The largest absolute Gasteiger partial charge is 0.461 e. The van der Waals surface area contributed by atoms with Crippen LogP contribution in [0.2, 0.25) is 0 Å². The second kappa shape index (κ2) is 7.04. The van der Waals surface area contributed by atoms with Crippen LogP contribution in [-0.4, -0.2) is 17.6 Å². The summed E-state index contributed by atoms with van der Waals surface area (Å²) in [7, 11) is 0. The van der Waals surface area contributed by atoms with E-state index in [9.17, 15) is 4.79 Å². The highest BCUT2D eigenvalue weighted by atomic mass is 79.9. The number of anilines is 1. The van der Waals surface area contributed by atoms with Crippen molar-refractivity contribution in [3.63, 3.8) is 0 Å². The number of nitrogens with one attached hydrogen (secondary N) is 1. The minimum absolute atomic E-state index is 0.110. The lowest BCUT2D eigenvalue weighted by Crippen LogP contribution is -2.08. The van der Waals surface area contributed by atoms with E-state index >= 15 is 0 Å². The zero-order chi connectivity index (χ0) is 15.4. The molecule has 1 unspecified atom stereocenters. The van der Waals surface area contributed by atoms with Crippen LogP contribution in [0.4, 0.5) is 5.13 Å². The van der Waals surface area contributed by atoms with Gasteiger partial charge in [-0.1, -0.05) is 28.1 Å². The first-order chi connectivity index (χ1) is 10.0. The molecule has 0 radical (unpaired) electrons. The van der Waals surface area contributed by atoms with Gasteiger partial charge < -0.3 is 10.1 Å². The molecular weight excluding hydrogens is 352 g/mol. The van der Waals surface area contributed by atoms with Gasteiger partial charge in [-0.3, -0.25) is 0 Å². The van der Waals surface area contributed by atoms with Gasteiger partial charge in [-0.25, -0.2) is 9.78 Å². The number of benzene rings is 1. The van der Waals surface area contributed by atoms with Gasteiger partial charge in [0, 0.05) is 9.35 Å². The van der Waals surface area contributed by atoms with E-state index in [4.69, 9.17) is 4.74 Å². The fourth-order valence-corrected chi connectivity index (χ4v) is 3.02. The molecule has 6 heteroatoms. The summed E-state index contributed by atoms with van der Waals surface area (Å²) in [4.78, 5) is 17.0. The van der Waals surface area contributed by atoms with Crippen LogP contribution in [0.15, 0.2) is 28.7 Å². The number of rotatable bonds is 5. The van der Waals surface area contributed by atoms with Crippen LogP contribution < -0.4 is 5.32 Å². The number of thiazole rings is 1. The fourth-order valence-electron chi connectivity index (χ4n) is 1.87. The number of aromatic nitrogens is 1. The Hall–Kier alpha value is -1.40. The predicted molar refractivity (Wildman–Crippen MR) is 89.0 cm³/mol. The summed E-state index contributed by atoms with van der Waals surface area (Å²) in [6, 6.07) is 8.22. The van der Waals surface area contributed by atoms with Gasteiger partial charge in [0.15, 0.2) is 10.8 Å². The molecule has 21 heavy (non-hydrogen) atoms. The molecule has 1 heterocycles. The predicted octanol–water partition coefficient (Wildman–Crippen LogP) is 4.56. The minimum atomic E-state index is -0.365. The van der Waals surface area contributed by atoms with E-state index in [2.05, 4.69) is 45.3 Å². The molecule has 0 aliphatic rings. The quantitative estimate of drug-likeness (QED) is 0.785. The fraction of sp³-hybridized carbons (Fsp3) is 0.333. The highest BCUT2D eigenvalue weighted by Crippen LogP contribution is 2.27. The molecule has 0 amide bonds. The highest BCUT2D eigenvalue weighted by Gasteiger charge is 2.17. The maximum Gasteiger partial charge on any atom is 0.358 e. The molecule has 0 aliphatic carbocycles. The van der Waals surface area contributed by atoms with Gasteiger partial charge >= 0.3 is 5.97 Å². The second-order valence-corrected chi connectivity index (χ2v) is 6.68. The number of ether oxygens (including phenoxy) is 1. The van der Waals surface area contributed by atoms with Gasteiger partial charge in [-0.2, -0.15) is 0 Å². The van der Waals surface area contributed by atoms with Gasteiger partial charge in [-0.05, 0) is 38.5 Å². The van der Waals surface area contributed by atoms with E-state index in [1.165, 1.54) is 11.3 Å². The van der Waals surface area contributed by atoms with Gasteiger partial charge in [-0.15, -0.1) is 11.3 Å². The van der Waals surface area contributed by atoms with Crippen LogP contribution in [0.5, 0.6) is 0 Å². The summed E-state index contributed by atoms with van der Waals surface area (Å²) in [5.41, 5.74) is 1.55. The summed E-state index contributed by atoms with van der Waals surface area (Å²) in [6.45, 7) is 6.08. The third-order valence-electron chi connectivity index (χ3n) is 2.98. The van der Waals surface area contributed by atoms with Crippen molar-refractivity contribution in [2.45, 2.75) is 26.8 Å². The lowest BCUT2D eigenvalue weighted by molar-refractivity contribution is 0.0519. The Morgan fingerprint density at radius 1 is 1.43 bits per heavy atom. The van der Waals surface area contributed by atoms with Crippen LogP contribution in [-0.2, 0) is 4.74 Å². The third-order valence-corrected chi connectivity index (χ3v) is 4.41. The lowest BCUT2D eigenvalue weighted by atomic mass is 10.1. The Labute approximate surface area is 136 Å². The van der Waals surface area contributed by atoms with Crippen LogP contribution >= 0.6 is 27.3 Å². The summed E-state index contributed by atoms with van der Waals surface area (Å²) in [5, 5.41) is 4.05. The van der Waals surface area contributed by atoms with Crippen molar-refractivity contribution in [1.82, 2.24) is 4.98 Å². The molecule has 0 spiro atoms. The van der Waals surface area contributed by atoms with Crippen molar-refractivity contribution < 1.29 is 9.53 Å². The topological polar surface area (TPSA) is 51.2 Å². The molecule has 4 nitrogen and oxygen atoms in total. The van der Waals surface area contributed by atoms with Crippen molar-refractivity contribution in [3.05, 3.63) is 44.9 Å². The van der Waals surface area contributed by atoms with E-state index in [1.807, 2.05) is 19.1 Å². The third kappa shape index (κ3) is 4.04. The number of esters is 1. The van der Waals surface area contributed by atoms with Crippen molar-refractivity contribution in [1.29, 1.82) is 0 Å². The number of nitrogens with zero attached hydrogens (tertiary/aromatic N) is 1. The Balaban J connectivity index is 2.11. The lowest BCUT2D eigenvalue weighted by Gasteiger charge is -2.13. The number of carbonyl (C=O) groups is 1. The first kappa shape index (κ1) is 16.0. The number of aryl methyl sites for hydroxylation is 1. The summed E-state index contributed by atoms with van der Waals surface area (Å²) < 4.78 is 6.05. The molecule has 1 atom stereocenters. The van der Waals surface area contributed by atoms with E-state index < -0.39 is 0 Å². The Bertz CT molecular complexity index is 625. The van der Waals surface area contributed by atoms with Crippen LogP contribution in [0.25, 0.3) is 0 Å². The maximum atomic E-state index is 11.8. The summed E-state index contributed by atoms with van der Waals surface area (Å²) >= 11 is 4.89. The van der Waals surface area contributed by atoms with Gasteiger partial charge in [0.05, 0.1) is 12.6 Å². The first-order valence-electron chi connectivity index (χ1n) is 6.67. The average molecular weight is 369 g/mol. The average Bonchev–Trinajstić information content (AvgIpc) is 2.80. The van der Waals surface area contributed by atoms with Gasteiger partial charge in [0.1, 0.15) is 0 Å². The van der Waals surface area contributed by atoms with Crippen molar-refractivity contribution in [2.75, 3.05) is 11.9 Å². The second-order valence-electron chi connectivity index (χ2n) is 4.56. The standard InChI is InChI=1S/C15H17BrN2O2S/c1-4-20-14(19)13-10(3)21-15(18-13)17-9(2)11-5-7-12(16)8-6-11/h5-9H,4H2,1-3H3,(H,17,18). The Morgan fingerprint density at radius 3 is 2.71 bits per heavy atom. The van der Waals surface area contributed by atoms with Gasteiger partial charge in [0.2, 0.25) is 0 Å². The minimum Gasteiger partial charge on any atom is -0.461 e. The monoisotopic (exact) mass is 368 g/mol. The van der Waals surface area contributed by atoms with Gasteiger partial charge in [0.25, 0.3) is 0 Å². The molecule has 0 saturated carbocycles. The van der Waals surface area contributed by atoms with E-state index in [1.54, 1.807) is 6.92 Å². The van der Waals surface area contributed by atoms with E-state index in [0.29, 0.717) is 12.3 Å². The SMILES string of the molecule is CCOC(=O)c1nc(NC(C)c2ccc(Br)cc2)sc1C. The first-order valence-corrected chi connectivity index (χ1v) is 8.28. The molecule has 1 aromatic heterocycles. The molecule has 1 N–H and O–H groups in total. The van der Waals surface area contributed by atoms with E-state index in [0.717, 1.165) is 20.0 Å². The van der Waals surface area contributed by atoms with Crippen LogP contribution in [0.1, 0.15) is 40.8 Å². The highest BCUT2D eigenvalue weighted by molar-refractivity contribution is 9.10. The van der Waals surface area contributed by atoms with E-state index in [-0.39, 0.29) is 12.0 Å². The molecule has 0 fully saturated rings. The number of hydrogen-bond donors (Lipinski definition) is 1. The zero-order valence-electron chi connectivity index (χ0n) is 12.1. The molecule has 112 valence electrons. The molecule has 2 aromatic rings. The normalized spacial score (nSPS) is 12.0. The molecule has 1 aromatic carbocycles. The Kier molecular flexibility index (Phi) is 5.36. The zero-order valence-corrected chi connectivity index (χ0v) is 14.5. The number of carbonyl (C=O) groups excluding carboxylic acids is 1. The smallest absolute Gasteiger partial charge is 0.358 e. The molecule has 0 aliphatic heterocycles. The summed E-state index contributed by atoms with van der Waals surface area (Å²) in [5.74, 6) is -0.365. The molecule has 0 bridgehead atoms. The molecular formula is C15H17BrN2O2S.